The third-order valence-corrected chi connectivity index (χ3v) is 1.23. The molecule has 1 rings (SSSR count). The monoisotopic (exact) mass is 184 g/mol. The summed E-state index contributed by atoms with van der Waals surface area (Å²) in [4.78, 5) is 0. The summed E-state index contributed by atoms with van der Waals surface area (Å²) in [6.07, 6.45) is 0. The Kier molecular flexibility index (Phi) is 15.5. The van der Waals surface area contributed by atoms with Crippen LogP contribution in [0, 0.1) is 6.92 Å². The van der Waals surface area contributed by atoms with Crippen molar-refractivity contribution < 1.29 is 9.84 Å². The standard InChI is InChI=1S/C7H8.C3H8O.CH4O/c1-7-5-3-2-4-6-7;1-3-4-2;1-2/h2-6H,1H3;3H2,1-2H3;2H,1H3. The second kappa shape index (κ2) is 13.7. The quantitative estimate of drug-likeness (QED) is 0.725. The molecule has 0 aromatic heterocycles. The Labute approximate surface area is 81.2 Å². The number of benzene rings is 1. The minimum absolute atomic E-state index is 0.819. The Hall–Kier alpha value is -0.860. The number of hydrogen-bond acceptors (Lipinski definition) is 2. The Morgan fingerprint density at radius 3 is 1.69 bits per heavy atom. The lowest BCUT2D eigenvalue weighted by Gasteiger charge is -1.82. The molecule has 1 aromatic rings. The summed E-state index contributed by atoms with van der Waals surface area (Å²) in [7, 11) is 2.68. The fourth-order valence-electron chi connectivity index (χ4n) is 0.534. The second-order valence-electron chi connectivity index (χ2n) is 2.23. The van der Waals surface area contributed by atoms with Crippen LogP contribution in [-0.2, 0) is 4.74 Å². The van der Waals surface area contributed by atoms with E-state index in [2.05, 4.69) is 23.8 Å². The van der Waals surface area contributed by atoms with Crippen LogP contribution in [0.5, 0.6) is 0 Å². The van der Waals surface area contributed by atoms with Gasteiger partial charge >= 0.3 is 0 Å². The predicted octanol–water partition coefficient (Wildman–Crippen LogP) is 2.26. The van der Waals surface area contributed by atoms with Gasteiger partial charge in [0.25, 0.3) is 0 Å². The molecule has 0 aliphatic heterocycles. The highest BCUT2D eigenvalue weighted by Gasteiger charge is 1.72. The van der Waals surface area contributed by atoms with E-state index < -0.39 is 0 Å². The molecule has 0 bridgehead atoms. The summed E-state index contributed by atoms with van der Waals surface area (Å²) in [6, 6.07) is 10.3. The Bertz CT molecular complexity index is 159. The van der Waals surface area contributed by atoms with Gasteiger partial charge in [-0.05, 0) is 13.8 Å². The largest absolute Gasteiger partial charge is 0.400 e. The van der Waals surface area contributed by atoms with Crippen LogP contribution in [0.15, 0.2) is 30.3 Å². The first-order valence-corrected chi connectivity index (χ1v) is 4.26. The van der Waals surface area contributed by atoms with E-state index in [4.69, 9.17) is 5.11 Å². The van der Waals surface area contributed by atoms with E-state index in [0.717, 1.165) is 13.7 Å². The zero-order chi connectivity index (χ0) is 10.5. The summed E-state index contributed by atoms with van der Waals surface area (Å²) < 4.78 is 4.54. The molecule has 0 saturated carbocycles. The topological polar surface area (TPSA) is 29.5 Å². The van der Waals surface area contributed by atoms with Crippen LogP contribution >= 0.6 is 0 Å². The van der Waals surface area contributed by atoms with Crippen molar-refractivity contribution in [3.8, 4) is 0 Å². The van der Waals surface area contributed by atoms with E-state index in [1.165, 1.54) is 5.56 Å². The molecule has 0 amide bonds. The van der Waals surface area contributed by atoms with Crippen LogP contribution in [0.1, 0.15) is 12.5 Å². The summed E-state index contributed by atoms with van der Waals surface area (Å²) in [5, 5.41) is 7.00. The minimum Gasteiger partial charge on any atom is -0.400 e. The maximum Gasteiger partial charge on any atom is 0.0433 e. The summed E-state index contributed by atoms with van der Waals surface area (Å²) in [5.41, 5.74) is 1.32. The van der Waals surface area contributed by atoms with Gasteiger partial charge in [0.15, 0.2) is 0 Å². The van der Waals surface area contributed by atoms with Crippen LogP contribution in [0.2, 0.25) is 0 Å². The molecule has 0 atom stereocenters. The average Bonchev–Trinajstić information content (AvgIpc) is 2.22. The molecule has 2 heteroatoms. The fraction of sp³-hybridized carbons (Fsp3) is 0.455. The van der Waals surface area contributed by atoms with E-state index in [0.29, 0.717) is 0 Å². The van der Waals surface area contributed by atoms with Gasteiger partial charge < -0.3 is 9.84 Å². The number of aliphatic hydroxyl groups is 1. The van der Waals surface area contributed by atoms with Gasteiger partial charge in [0.2, 0.25) is 0 Å². The Morgan fingerprint density at radius 2 is 1.54 bits per heavy atom. The maximum atomic E-state index is 7.00. The Morgan fingerprint density at radius 1 is 1.15 bits per heavy atom. The van der Waals surface area contributed by atoms with Gasteiger partial charge in [-0.1, -0.05) is 35.9 Å². The molecule has 0 radical (unpaired) electrons. The molecule has 2 nitrogen and oxygen atoms in total. The van der Waals surface area contributed by atoms with Crippen molar-refractivity contribution in [3.63, 3.8) is 0 Å². The first kappa shape index (κ1) is 14.7. The van der Waals surface area contributed by atoms with Gasteiger partial charge in [0, 0.05) is 20.8 Å². The zero-order valence-corrected chi connectivity index (χ0v) is 8.95. The van der Waals surface area contributed by atoms with Crippen molar-refractivity contribution in [3.05, 3.63) is 35.9 Å². The lowest BCUT2D eigenvalue weighted by Crippen LogP contribution is -1.73. The summed E-state index contributed by atoms with van der Waals surface area (Å²) >= 11 is 0. The number of aryl methyl sites for hydroxylation is 1. The second-order valence-corrected chi connectivity index (χ2v) is 2.23. The molecule has 1 N–H and O–H groups in total. The molecule has 13 heavy (non-hydrogen) atoms. The van der Waals surface area contributed by atoms with Crippen LogP contribution in [0.25, 0.3) is 0 Å². The Balaban J connectivity index is 0. The third-order valence-electron chi connectivity index (χ3n) is 1.23. The highest BCUT2D eigenvalue weighted by Crippen LogP contribution is 1.92. The van der Waals surface area contributed by atoms with E-state index in [9.17, 15) is 0 Å². The summed E-state index contributed by atoms with van der Waals surface area (Å²) in [6.45, 7) is 4.86. The van der Waals surface area contributed by atoms with E-state index in [1.54, 1.807) is 7.11 Å². The number of aliphatic hydroxyl groups excluding tert-OH is 1. The predicted molar refractivity (Wildman–Crippen MR) is 56.9 cm³/mol. The molecule has 0 fully saturated rings. The van der Waals surface area contributed by atoms with E-state index in [-0.39, 0.29) is 0 Å². The first-order valence-electron chi connectivity index (χ1n) is 4.26. The minimum atomic E-state index is 0.819. The third kappa shape index (κ3) is 14.0. The van der Waals surface area contributed by atoms with Crippen LogP contribution < -0.4 is 0 Å². The van der Waals surface area contributed by atoms with E-state index >= 15 is 0 Å². The van der Waals surface area contributed by atoms with Crippen molar-refractivity contribution >= 4 is 0 Å². The molecule has 0 aliphatic rings. The molecule has 0 heterocycles. The zero-order valence-electron chi connectivity index (χ0n) is 8.95. The van der Waals surface area contributed by atoms with E-state index in [1.807, 2.05) is 25.1 Å². The van der Waals surface area contributed by atoms with Crippen molar-refractivity contribution in [1.82, 2.24) is 0 Å². The number of rotatable bonds is 1. The molecule has 0 unspecified atom stereocenters. The van der Waals surface area contributed by atoms with Crippen molar-refractivity contribution in [2.24, 2.45) is 0 Å². The normalized spacial score (nSPS) is 7.46. The summed E-state index contributed by atoms with van der Waals surface area (Å²) in [5.74, 6) is 0. The molecular weight excluding hydrogens is 164 g/mol. The van der Waals surface area contributed by atoms with Crippen LogP contribution in [0.3, 0.4) is 0 Å². The van der Waals surface area contributed by atoms with Crippen LogP contribution in [0.4, 0.5) is 0 Å². The smallest absolute Gasteiger partial charge is 0.0433 e. The SMILES string of the molecule is CCOC.CO.Cc1ccccc1. The van der Waals surface area contributed by atoms with Crippen molar-refractivity contribution in [1.29, 1.82) is 0 Å². The number of hydrogen-bond donors (Lipinski definition) is 1. The van der Waals surface area contributed by atoms with Gasteiger partial charge in [-0.15, -0.1) is 0 Å². The fourth-order valence-corrected chi connectivity index (χ4v) is 0.534. The highest BCUT2D eigenvalue weighted by molar-refractivity contribution is 5.11. The molecule has 0 saturated heterocycles. The van der Waals surface area contributed by atoms with Crippen molar-refractivity contribution in [2.45, 2.75) is 13.8 Å². The highest BCUT2D eigenvalue weighted by atomic mass is 16.5. The maximum absolute atomic E-state index is 7.00. The van der Waals surface area contributed by atoms with Crippen LogP contribution in [-0.4, -0.2) is 25.9 Å². The molecule has 0 aliphatic carbocycles. The van der Waals surface area contributed by atoms with Gasteiger partial charge in [-0.3, -0.25) is 0 Å². The lowest BCUT2D eigenvalue weighted by atomic mass is 10.2. The molecule has 76 valence electrons. The van der Waals surface area contributed by atoms with Gasteiger partial charge in [-0.2, -0.15) is 0 Å². The average molecular weight is 184 g/mol. The molecular formula is C11H20O2. The number of ether oxygens (including phenoxy) is 1. The van der Waals surface area contributed by atoms with Gasteiger partial charge in [0.05, 0.1) is 0 Å². The number of methoxy groups -OCH3 is 1. The van der Waals surface area contributed by atoms with Gasteiger partial charge in [0.1, 0.15) is 0 Å². The molecule has 0 spiro atoms. The molecule has 1 aromatic carbocycles. The van der Waals surface area contributed by atoms with Gasteiger partial charge in [-0.25, -0.2) is 0 Å². The first-order chi connectivity index (χ1) is 6.31. The van der Waals surface area contributed by atoms with Crippen molar-refractivity contribution in [2.75, 3.05) is 20.8 Å². The lowest BCUT2D eigenvalue weighted by molar-refractivity contribution is 0.215.